The summed E-state index contributed by atoms with van der Waals surface area (Å²) < 4.78 is 38.2. The monoisotopic (exact) mass is 686 g/mol. The third kappa shape index (κ3) is 5.44. The molecule has 4 aromatic heterocycles. The lowest BCUT2D eigenvalue weighted by Crippen LogP contribution is -2.50. The zero-order valence-corrected chi connectivity index (χ0v) is 25.1. The van der Waals surface area contributed by atoms with Crippen LogP contribution in [0.5, 0.6) is 0 Å². The molecule has 3 saturated heterocycles. The molecule has 9 N–H and O–H groups in total. The van der Waals surface area contributed by atoms with Gasteiger partial charge in [0.2, 0.25) is 13.7 Å². The normalized spacial score (nSPS) is 37.7. The van der Waals surface area contributed by atoms with Crippen molar-refractivity contribution in [1.82, 2.24) is 49.2 Å². The number of fused-ring (bicyclic) bond motifs is 4. The van der Waals surface area contributed by atoms with E-state index in [1.165, 1.54) is 21.8 Å². The van der Waals surface area contributed by atoms with Crippen molar-refractivity contribution < 1.29 is 43.1 Å². The van der Waals surface area contributed by atoms with Crippen molar-refractivity contribution in [2.24, 2.45) is 0 Å². The van der Waals surface area contributed by atoms with Gasteiger partial charge < -0.3 is 50.0 Å². The number of aromatic amines is 1. The number of rotatable bonds is 2. The van der Waals surface area contributed by atoms with E-state index in [-0.39, 0.29) is 34.1 Å². The largest absolute Gasteiger partial charge is 0.789 e. The summed E-state index contributed by atoms with van der Waals surface area (Å²) in [5.41, 5.74) is 11.1. The fourth-order valence-corrected chi connectivity index (χ4v) is 8.27. The van der Waals surface area contributed by atoms with Crippen molar-refractivity contribution in [1.29, 1.82) is 0 Å². The molecule has 4 aromatic rings. The average Bonchev–Trinajstić information content (AvgIpc) is 3.72. The van der Waals surface area contributed by atoms with Crippen LogP contribution >= 0.6 is 14.4 Å². The molecule has 0 saturated carbocycles. The number of hydrogen-bond acceptors (Lipinski definition) is 18. The minimum absolute atomic E-state index is 0.0518. The SMILES string of the molecule is Nc1nc2c(ncn2[C@@H]2O[C@@H]3COP([O-])(=S)N[C@H]4[C@@H](O)[C@H](n5cnc6c(N)ncnc65)O[C@@H]4COP(=O)([O-])N[C@H]3[C@H]2O)c(=O)[nH]1. The summed E-state index contributed by atoms with van der Waals surface area (Å²) in [6, 6.07) is -2.69. The summed E-state index contributed by atoms with van der Waals surface area (Å²) in [5, 5.41) is 27.3. The number of nitrogens with one attached hydrogen (secondary N) is 3. The van der Waals surface area contributed by atoms with E-state index in [9.17, 15) is 29.4 Å². The number of anilines is 2. The highest BCUT2D eigenvalue weighted by Crippen LogP contribution is 2.45. The Morgan fingerprint density at radius 1 is 0.911 bits per heavy atom. The maximum absolute atomic E-state index is 13.5. The molecule has 10 atom stereocenters. The van der Waals surface area contributed by atoms with Crippen molar-refractivity contribution in [2.45, 2.75) is 49.0 Å². The summed E-state index contributed by atoms with van der Waals surface area (Å²) in [6.45, 7) is -5.48. The molecule has 7 heterocycles. The predicted octanol–water partition coefficient (Wildman–Crippen LogP) is -4.34. The van der Waals surface area contributed by atoms with Gasteiger partial charge in [-0.3, -0.25) is 28.6 Å². The van der Waals surface area contributed by atoms with Gasteiger partial charge in [-0.15, -0.1) is 0 Å². The van der Waals surface area contributed by atoms with Crippen molar-refractivity contribution in [3.63, 3.8) is 0 Å². The van der Waals surface area contributed by atoms with Crippen molar-refractivity contribution in [2.75, 3.05) is 24.7 Å². The van der Waals surface area contributed by atoms with Crippen LogP contribution in [0.15, 0.2) is 23.8 Å². The molecule has 2 unspecified atom stereocenters. The molecule has 0 radical (unpaired) electrons. The lowest BCUT2D eigenvalue weighted by molar-refractivity contribution is -0.207. The van der Waals surface area contributed by atoms with Gasteiger partial charge in [-0.1, -0.05) is 11.8 Å². The highest BCUT2D eigenvalue weighted by Gasteiger charge is 2.49. The second-order valence-electron chi connectivity index (χ2n) is 10.4. The molecule has 0 spiro atoms. The van der Waals surface area contributed by atoms with Gasteiger partial charge in [0.05, 0.1) is 44.6 Å². The number of aliphatic hydroxyl groups excluding tert-OH is 2. The number of hydrogen-bond donors (Lipinski definition) is 7. The van der Waals surface area contributed by atoms with Crippen LogP contribution in [0.3, 0.4) is 0 Å². The van der Waals surface area contributed by atoms with Crippen LogP contribution in [0.25, 0.3) is 22.3 Å². The van der Waals surface area contributed by atoms with Crippen LogP contribution in [-0.2, 0) is 34.9 Å². The Labute approximate surface area is 255 Å². The summed E-state index contributed by atoms with van der Waals surface area (Å²) in [4.78, 5) is 61.2. The number of nitrogens with two attached hydrogens (primary N) is 2. The summed E-state index contributed by atoms with van der Waals surface area (Å²) in [5.74, 6) is -0.158. The van der Waals surface area contributed by atoms with E-state index in [0.29, 0.717) is 0 Å². The fraction of sp³-hybridized carbons (Fsp3) is 0.500. The quantitative estimate of drug-likeness (QED) is 0.0980. The second kappa shape index (κ2) is 11.1. The van der Waals surface area contributed by atoms with E-state index in [1.54, 1.807) is 0 Å². The molecule has 0 amide bonds. The number of aliphatic hydroxyl groups is 2. The van der Waals surface area contributed by atoms with Gasteiger partial charge in [-0.25, -0.2) is 25.0 Å². The topological polar surface area (TPSA) is 324 Å². The number of imidazole rings is 2. The van der Waals surface area contributed by atoms with Crippen LogP contribution in [0.1, 0.15) is 12.5 Å². The number of ether oxygens (including phenoxy) is 2. The molecule has 22 nitrogen and oxygen atoms in total. The fourth-order valence-electron chi connectivity index (χ4n) is 5.52. The average molecular weight is 687 g/mol. The molecule has 45 heavy (non-hydrogen) atoms. The molecule has 3 aliphatic heterocycles. The van der Waals surface area contributed by atoms with E-state index in [0.717, 1.165) is 6.33 Å². The van der Waals surface area contributed by atoms with Gasteiger partial charge in [-0.2, -0.15) is 4.98 Å². The number of H-pyrrole nitrogens is 1. The first-order valence-electron chi connectivity index (χ1n) is 13.1. The Morgan fingerprint density at radius 2 is 1.51 bits per heavy atom. The van der Waals surface area contributed by atoms with E-state index in [2.05, 4.69) is 40.1 Å². The van der Waals surface area contributed by atoms with Crippen molar-refractivity contribution >= 4 is 60.3 Å². The lowest BCUT2D eigenvalue weighted by Gasteiger charge is -2.38. The number of nitrogen functional groups attached to an aromatic ring is 2. The Kier molecular flexibility index (Phi) is 7.52. The standard InChI is InChI=1S/C20H26N12O10P2S/c21-14-10-15(24-3-23-14)31(4-25-10)18-13(34)9-6(41-18)1-39-43(36,37)29-8-7(2-40-44(38,45)30-9)42-19(12(8)33)32-5-26-11-16(32)27-20(22)28-17(11)35/h3-9,12-13,18-19,33-34H,1-2H2,(H2,21,23,24)(H2,29,36,37)(H2,30,38,45)(H3,22,27,28,35)/p-2/t6-,7-,8-,9-,12-,13-,18-,19-,44?/m1/s1. The lowest BCUT2D eigenvalue weighted by atomic mass is 10.1. The van der Waals surface area contributed by atoms with Crippen LogP contribution < -0.4 is 37.0 Å². The Morgan fingerprint density at radius 3 is 2.20 bits per heavy atom. The molecular weight excluding hydrogens is 662 g/mol. The summed E-state index contributed by atoms with van der Waals surface area (Å²) in [7, 11) is -4.99. The Bertz CT molecular complexity index is 1940. The molecule has 242 valence electrons. The third-order valence-electron chi connectivity index (χ3n) is 7.57. The first kappa shape index (κ1) is 30.6. The Hall–Kier alpha value is -3.02. The maximum atomic E-state index is 13.5. The Balaban J connectivity index is 1.17. The molecule has 3 aliphatic rings. The zero-order chi connectivity index (χ0) is 31.8. The predicted molar refractivity (Wildman–Crippen MR) is 150 cm³/mol. The zero-order valence-electron chi connectivity index (χ0n) is 22.5. The molecule has 25 heteroatoms. The first-order chi connectivity index (χ1) is 21.3. The summed E-state index contributed by atoms with van der Waals surface area (Å²) >= 11 is 5.20. The van der Waals surface area contributed by atoms with Gasteiger partial charge in [-0.05, 0) is 0 Å². The van der Waals surface area contributed by atoms with Gasteiger partial charge in [0, 0.05) is 0 Å². The van der Waals surface area contributed by atoms with Crippen LogP contribution in [0.4, 0.5) is 11.8 Å². The van der Waals surface area contributed by atoms with E-state index >= 15 is 0 Å². The molecule has 7 rings (SSSR count). The molecule has 0 aromatic carbocycles. The highest BCUT2D eigenvalue weighted by atomic mass is 32.5. The molecular formula is C20H24N12O10P2S-2. The van der Waals surface area contributed by atoms with Crippen molar-refractivity contribution in [3.05, 3.63) is 29.3 Å². The minimum atomic E-state index is -4.99. The van der Waals surface area contributed by atoms with Crippen LogP contribution in [0, 0.1) is 0 Å². The second-order valence-corrected chi connectivity index (χ2v) is 14.8. The summed E-state index contributed by atoms with van der Waals surface area (Å²) in [6.07, 6.45) is -4.60. The van der Waals surface area contributed by atoms with Gasteiger partial charge in [0.1, 0.15) is 36.3 Å². The first-order valence-corrected chi connectivity index (χ1v) is 17.3. The molecule has 0 aliphatic carbocycles. The van der Waals surface area contributed by atoms with E-state index in [4.69, 9.17) is 41.8 Å². The highest BCUT2D eigenvalue weighted by molar-refractivity contribution is 8.07. The van der Waals surface area contributed by atoms with E-state index in [1.807, 2.05) is 0 Å². The minimum Gasteiger partial charge on any atom is -0.789 e. The van der Waals surface area contributed by atoms with Crippen LogP contribution in [-0.4, -0.2) is 99.0 Å². The van der Waals surface area contributed by atoms with Gasteiger partial charge in [0.15, 0.2) is 35.1 Å². The van der Waals surface area contributed by atoms with Crippen LogP contribution in [0.2, 0.25) is 0 Å². The smallest absolute Gasteiger partial charge is 0.280 e. The maximum Gasteiger partial charge on any atom is 0.280 e. The van der Waals surface area contributed by atoms with E-state index < -0.39 is 82.1 Å². The molecule has 0 bridgehead atoms. The van der Waals surface area contributed by atoms with Gasteiger partial charge >= 0.3 is 0 Å². The number of aromatic nitrogens is 8. The van der Waals surface area contributed by atoms with Gasteiger partial charge in [0.25, 0.3) is 5.56 Å². The molecule has 3 fully saturated rings. The van der Waals surface area contributed by atoms with Crippen molar-refractivity contribution in [3.8, 4) is 0 Å². The third-order valence-corrected chi connectivity index (χ3v) is 10.4. The number of nitrogens with zero attached hydrogens (tertiary/aromatic N) is 7.